The maximum Gasteiger partial charge on any atom is 0.222 e. The summed E-state index contributed by atoms with van der Waals surface area (Å²) in [4.78, 5) is 23.3. The van der Waals surface area contributed by atoms with Gasteiger partial charge in [-0.05, 0) is 19.4 Å². The van der Waals surface area contributed by atoms with Crippen molar-refractivity contribution in [2.75, 3.05) is 59.5 Å². The zero-order chi connectivity index (χ0) is 17.6. The SMILES string of the molecule is CN1CCN(CC2CN(C(=O)CCCn3ccnc3)CC2CO)CC1. The summed E-state index contributed by atoms with van der Waals surface area (Å²) in [5.74, 6) is 0.836. The highest BCUT2D eigenvalue weighted by molar-refractivity contribution is 5.76. The van der Waals surface area contributed by atoms with E-state index < -0.39 is 0 Å². The number of nitrogens with zero attached hydrogens (tertiary/aromatic N) is 5. The fourth-order valence-electron chi connectivity index (χ4n) is 3.91. The molecule has 2 atom stereocenters. The second-order valence-electron chi connectivity index (χ2n) is 7.51. The Morgan fingerprint density at radius 1 is 1.20 bits per heavy atom. The highest BCUT2D eigenvalue weighted by Crippen LogP contribution is 2.25. The van der Waals surface area contributed by atoms with Gasteiger partial charge in [-0.2, -0.15) is 0 Å². The molecular weight excluding hydrogens is 318 g/mol. The van der Waals surface area contributed by atoms with Gasteiger partial charge in [0.2, 0.25) is 5.91 Å². The van der Waals surface area contributed by atoms with Crippen LogP contribution in [-0.4, -0.2) is 94.7 Å². The van der Waals surface area contributed by atoms with E-state index in [0.29, 0.717) is 18.9 Å². The number of piperazine rings is 1. The number of hydrogen-bond acceptors (Lipinski definition) is 5. The predicted octanol–water partition coefficient (Wildman–Crippen LogP) is -0.0224. The van der Waals surface area contributed by atoms with E-state index in [1.54, 1.807) is 12.5 Å². The Labute approximate surface area is 150 Å². The van der Waals surface area contributed by atoms with Gasteiger partial charge in [0.1, 0.15) is 0 Å². The Kier molecular flexibility index (Phi) is 6.45. The summed E-state index contributed by atoms with van der Waals surface area (Å²) in [5.41, 5.74) is 0. The number of aromatic nitrogens is 2. The maximum atomic E-state index is 12.5. The van der Waals surface area contributed by atoms with Crippen LogP contribution in [0, 0.1) is 11.8 Å². The number of carbonyl (C=O) groups is 1. The Bertz CT molecular complexity index is 528. The minimum atomic E-state index is 0.178. The van der Waals surface area contributed by atoms with Crippen LogP contribution in [0.25, 0.3) is 0 Å². The fraction of sp³-hybridized carbons (Fsp3) is 0.778. The minimum Gasteiger partial charge on any atom is -0.396 e. The third kappa shape index (κ3) is 5.03. The van der Waals surface area contributed by atoms with Crippen LogP contribution in [-0.2, 0) is 11.3 Å². The molecule has 1 amide bonds. The number of likely N-dealkylation sites (tertiary alicyclic amines) is 1. The molecule has 2 fully saturated rings. The van der Waals surface area contributed by atoms with Crippen LogP contribution in [0.5, 0.6) is 0 Å². The molecule has 0 aromatic carbocycles. The summed E-state index contributed by atoms with van der Waals surface area (Å²) >= 11 is 0. The van der Waals surface area contributed by atoms with E-state index in [9.17, 15) is 9.90 Å². The van der Waals surface area contributed by atoms with Crippen molar-refractivity contribution in [3.8, 4) is 0 Å². The summed E-state index contributed by atoms with van der Waals surface area (Å²) in [6.07, 6.45) is 6.87. The van der Waals surface area contributed by atoms with Gasteiger partial charge in [-0.15, -0.1) is 0 Å². The normalized spacial score (nSPS) is 25.6. The van der Waals surface area contributed by atoms with Crippen molar-refractivity contribution in [3.05, 3.63) is 18.7 Å². The number of rotatable bonds is 7. The molecule has 2 unspecified atom stereocenters. The number of aryl methyl sites for hydroxylation is 1. The molecule has 3 heterocycles. The Hall–Kier alpha value is -1.44. The van der Waals surface area contributed by atoms with E-state index in [2.05, 4.69) is 21.8 Å². The third-order valence-electron chi connectivity index (χ3n) is 5.62. The van der Waals surface area contributed by atoms with Crippen LogP contribution in [0.4, 0.5) is 0 Å². The monoisotopic (exact) mass is 349 g/mol. The Balaban J connectivity index is 1.44. The van der Waals surface area contributed by atoms with Crippen LogP contribution < -0.4 is 0 Å². The summed E-state index contributed by atoms with van der Waals surface area (Å²) in [7, 11) is 2.16. The van der Waals surface area contributed by atoms with Gasteiger partial charge in [0, 0.05) is 83.7 Å². The number of amides is 1. The standard InChI is InChI=1S/C18H31N5O2/c1-20-7-9-21(10-8-20)11-16-12-23(13-17(16)14-24)18(25)3-2-5-22-6-4-19-15-22/h4,6,15-17,24H,2-3,5,7-14H2,1H3. The molecule has 25 heavy (non-hydrogen) atoms. The predicted molar refractivity (Wildman–Crippen MR) is 96.0 cm³/mol. The quantitative estimate of drug-likeness (QED) is 0.749. The molecule has 1 aromatic rings. The summed E-state index contributed by atoms with van der Waals surface area (Å²) in [6, 6.07) is 0. The first-order valence-corrected chi connectivity index (χ1v) is 9.41. The molecule has 0 radical (unpaired) electrons. The van der Waals surface area contributed by atoms with Crippen LogP contribution in [0.3, 0.4) is 0 Å². The van der Waals surface area contributed by atoms with Gasteiger partial charge in [-0.1, -0.05) is 0 Å². The van der Waals surface area contributed by atoms with Gasteiger partial charge >= 0.3 is 0 Å². The van der Waals surface area contributed by atoms with Gasteiger partial charge in [-0.25, -0.2) is 4.98 Å². The van der Waals surface area contributed by atoms with Gasteiger partial charge in [0.25, 0.3) is 0 Å². The first-order chi connectivity index (χ1) is 12.2. The molecular formula is C18H31N5O2. The van der Waals surface area contributed by atoms with E-state index in [1.165, 1.54) is 0 Å². The van der Waals surface area contributed by atoms with Crippen molar-refractivity contribution in [1.82, 2.24) is 24.3 Å². The van der Waals surface area contributed by atoms with E-state index in [0.717, 1.165) is 52.2 Å². The van der Waals surface area contributed by atoms with E-state index in [1.807, 2.05) is 15.7 Å². The van der Waals surface area contributed by atoms with Gasteiger partial charge in [0.05, 0.1) is 6.33 Å². The lowest BCUT2D eigenvalue weighted by molar-refractivity contribution is -0.130. The lowest BCUT2D eigenvalue weighted by Crippen LogP contribution is -2.47. The van der Waals surface area contributed by atoms with Crippen molar-refractivity contribution >= 4 is 5.91 Å². The fourth-order valence-corrected chi connectivity index (χ4v) is 3.91. The van der Waals surface area contributed by atoms with E-state index in [-0.39, 0.29) is 18.4 Å². The van der Waals surface area contributed by atoms with Crippen molar-refractivity contribution < 1.29 is 9.90 Å². The van der Waals surface area contributed by atoms with Crippen LogP contribution in [0.15, 0.2) is 18.7 Å². The molecule has 1 aromatic heterocycles. The highest BCUT2D eigenvalue weighted by Gasteiger charge is 2.35. The molecule has 0 saturated carbocycles. The first-order valence-electron chi connectivity index (χ1n) is 9.41. The molecule has 7 heteroatoms. The summed E-state index contributed by atoms with van der Waals surface area (Å²) in [5, 5.41) is 9.73. The number of aliphatic hydroxyl groups excluding tert-OH is 1. The van der Waals surface area contributed by atoms with Crippen molar-refractivity contribution in [2.24, 2.45) is 11.8 Å². The van der Waals surface area contributed by atoms with Crippen LogP contribution in [0.1, 0.15) is 12.8 Å². The van der Waals surface area contributed by atoms with Crippen molar-refractivity contribution in [1.29, 1.82) is 0 Å². The Morgan fingerprint density at radius 2 is 1.96 bits per heavy atom. The number of imidazole rings is 1. The molecule has 2 aliphatic rings. The molecule has 2 aliphatic heterocycles. The minimum absolute atomic E-state index is 0.178. The molecule has 3 rings (SSSR count). The average molecular weight is 349 g/mol. The smallest absolute Gasteiger partial charge is 0.222 e. The highest BCUT2D eigenvalue weighted by atomic mass is 16.3. The topological polar surface area (TPSA) is 64.8 Å². The number of likely N-dealkylation sites (N-methyl/N-ethyl adjacent to an activating group) is 1. The molecule has 0 spiro atoms. The van der Waals surface area contributed by atoms with Crippen LogP contribution >= 0.6 is 0 Å². The van der Waals surface area contributed by atoms with Gasteiger partial charge in [-0.3, -0.25) is 4.79 Å². The molecule has 1 N–H and O–H groups in total. The second-order valence-corrected chi connectivity index (χ2v) is 7.51. The lowest BCUT2D eigenvalue weighted by Gasteiger charge is -2.34. The lowest BCUT2D eigenvalue weighted by atomic mass is 9.96. The Morgan fingerprint density at radius 3 is 2.64 bits per heavy atom. The molecule has 140 valence electrons. The average Bonchev–Trinajstić information content (AvgIpc) is 3.26. The van der Waals surface area contributed by atoms with Gasteiger partial charge < -0.3 is 24.4 Å². The summed E-state index contributed by atoms with van der Waals surface area (Å²) in [6.45, 7) is 7.89. The molecule has 0 aliphatic carbocycles. The van der Waals surface area contributed by atoms with Crippen molar-refractivity contribution in [3.63, 3.8) is 0 Å². The first kappa shape index (κ1) is 18.4. The zero-order valence-corrected chi connectivity index (χ0v) is 15.3. The van der Waals surface area contributed by atoms with Crippen molar-refractivity contribution in [2.45, 2.75) is 19.4 Å². The largest absolute Gasteiger partial charge is 0.396 e. The van der Waals surface area contributed by atoms with Crippen LogP contribution in [0.2, 0.25) is 0 Å². The molecule has 0 bridgehead atoms. The molecule has 2 saturated heterocycles. The number of aliphatic hydroxyl groups is 1. The number of hydrogen-bond donors (Lipinski definition) is 1. The van der Waals surface area contributed by atoms with E-state index in [4.69, 9.17) is 0 Å². The molecule has 7 nitrogen and oxygen atoms in total. The maximum absolute atomic E-state index is 12.5. The van der Waals surface area contributed by atoms with Gasteiger partial charge in [0.15, 0.2) is 0 Å². The number of carbonyl (C=O) groups excluding carboxylic acids is 1. The summed E-state index contributed by atoms with van der Waals surface area (Å²) < 4.78 is 2.00. The second kappa shape index (κ2) is 8.78. The van der Waals surface area contributed by atoms with E-state index >= 15 is 0 Å². The third-order valence-corrected chi connectivity index (χ3v) is 5.62. The zero-order valence-electron chi connectivity index (χ0n) is 15.3.